The second-order valence-corrected chi connectivity index (χ2v) is 1.41. The van der Waals surface area contributed by atoms with Gasteiger partial charge in [-0.15, -0.1) is 0 Å². The van der Waals surface area contributed by atoms with Crippen molar-refractivity contribution in [2.24, 2.45) is 0 Å². The van der Waals surface area contributed by atoms with E-state index in [1.165, 1.54) is 0 Å². The molecule has 9 heavy (non-hydrogen) atoms. The van der Waals surface area contributed by atoms with Gasteiger partial charge in [-0.3, -0.25) is 0 Å². The predicted molar refractivity (Wildman–Crippen MR) is 37.0 cm³/mol. The van der Waals surface area contributed by atoms with Gasteiger partial charge < -0.3 is 9.84 Å². The Hall–Kier alpha value is -0.760. The predicted octanol–water partition coefficient (Wildman–Crippen LogP) is 1.09. The molecular formula is C7H12O2. The molecular weight excluding hydrogens is 116 g/mol. The van der Waals surface area contributed by atoms with Crippen molar-refractivity contribution in [2.45, 2.75) is 6.92 Å². The molecule has 1 N–H and O–H groups in total. The normalized spacial score (nSPS) is 13.6. The first-order valence-corrected chi connectivity index (χ1v) is 2.96. The lowest BCUT2D eigenvalue weighted by molar-refractivity contribution is 0.286. The minimum absolute atomic E-state index is 0.250. The standard InChI is InChI=1S/C5H6O.C2H6O/c1-2-4-6-5-3-1;1-2-3/h1-4H,5H2;3H,2H2,1H3. The van der Waals surface area contributed by atoms with Crippen LogP contribution >= 0.6 is 0 Å². The molecule has 0 aromatic rings. The van der Waals surface area contributed by atoms with Crippen LogP contribution in [0.25, 0.3) is 0 Å². The molecule has 0 unspecified atom stereocenters. The molecule has 2 heteroatoms. The molecule has 0 saturated carbocycles. The molecule has 1 aliphatic heterocycles. The van der Waals surface area contributed by atoms with E-state index in [0.29, 0.717) is 0 Å². The van der Waals surface area contributed by atoms with E-state index in [2.05, 4.69) is 0 Å². The van der Waals surface area contributed by atoms with Crippen LogP contribution < -0.4 is 0 Å². The molecule has 0 saturated heterocycles. The summed E-state index contributed by atoms with van der Waals surface area (Å²) in [4.78, 5) is 0. The quantitative estimate of drug-likeness (QED) is 0.529. The topological polar surface area (TPSA) is 29.5 Å². The fraction of sp³-hybridized carbons (Fsp3) is 0.429. The average molecular weight is 128 g/mol. The number of aliphatic hydroxyl groups is 1. The van der Waals surface area contributed by atoms with Crippen LogP contribution in [0.15, 0.2) is 24.5 Å². The van der Waals surface area contributed by atoms with E-state index in [-0.39, 0.29) is 6.61 Å². The van der Waals surface area contributed by atoms with Gasteiger partial charge in [-0.2, -0.15) is 0 Å². The Kier molecular flexibility index (Phi) is 6.63. The van der Waals surface area contributed by atoms with Crippen LogP contribution in [0.1, 0.15) is 6.92 Å². The lowest BCUT2D eigenvalue weighted by Crippen LogP contribution is -1.82. The van der Waals surface area contributed by atoms with Crippen molar-refractivity contribution >= 4 is 0 Å². The van der Waals surface area contributed by atoms with Crippen molar-refractivity contribution in [1.29, 1.82) is 0 Å². The molecule has 0 spiro atoms. The average Bonchev–Trinajstić information content (AvgIpc) is 1.93. The first-order valence-electron chi connectivity index (χ1n) is 2.96. The van der Waals surface area contributed by atoms with E-state index in [0.717, 1.165) is 6.61 Å². The SMILES string of the molecule is C1=CCOC=C1.CCO. The monoisotopic (exact) mass is 128 g/mol. The third-order valence-corrected chi connectivity index (χ3v) is 0.614. The Morgan fingerprint density at radius 3 is 2.33 bits per heavy atom. The second-order valence-electron chi connectivity index (χ2n) is 1.41. The summed E-state index contributed by atoms with van der Waals surface area (Å²) in [7, 11) is 0. The molecule has 2 nitrogen and oxygen atoms in total. The summed E-state index contributed by atoms with van der Waals surface area (Å²) < 4.78 is 4.80. The Morgan fingerprint density at radius 1 is 1.56 bits per heavy atom. The lowest BCUT2D eigenvalue weighted by atomic mass is 10.5. The summed E-state index contributed by atoms with van der Waals surface area (Å²) in [6.45, 7) is 2.66. The van der Waals surface area contributed by atoms with Crippen molar-refractivity contribution in [2.75, 3.05) is 13.2 Å². The van der Waals surface area contributed by atoms with E-state index in [1.807, 2.05) is 18.2 Å². The number of hydrogen-bond donors (Lipinski definition) is 1. The van der Waals surface area contributed by atoms with Gasteiger partial charge in [0.2, 0.25) is 0 Å². The van der Waals surface area contributed by atoms with Crippen LogP contribution in [0, 0.1) is 0 Å². The van der Waals surface area contributed by atoms with Crippen molar-refractivity contribution < 1.29 is 9.84 Å². The van der Waals surface area contributed by atoms with Crippen molar-refractivity contribution in [3.05, 3.63) is 24.5 Å². The minimum Gasteiger partial charge on any atom is -0.497 e. The van der Waals surface area contributed by atoms with Crippen LogP contribution in [-0.2, 0) is 4.74 Å². The minimum atomic E-state index is 0.250. The molecule has 1 rings (SSSR count). The fourth-order valence-electron chi connectivity index (χ4n) is 0.346. The molecule has 0 amide bonds. The summed E-state index contributed by atoms with van der Waals surface area (Å²) >= 11 is 0. The van der Waals surface area contributed by atoms with Gasteiger partial charge >= 0.3 is 0 Å². The Morgan fingerprint density at radius 2 is 2.22 bits per heavy atom. The zero-order valence-electron chi connectivity index (χ0n) is 5.58. The van der Waals surface area contributed by atoms with E-state index < -0.39 is 0 Å². The highest BCUT2D eigenvalue weighted by atomic mass is 16.5. The number of hydrogen-bond acceptors (Lipinski definition) is 2. The molecule has 0 fully saturated rings. The smallest absolute Gasteiger partial charge is 0.106 e. The maximum Gasteiger partial charge on any atom is 0.106 e. The molecule has 1 aliphatic rings. The van der Waals surface area contributed by atoms with Crippen molar-refractivity contribution in [3.63, 3.8) is 0 Å². The molecule has 52 valence electrons. The third-order valence-electron chi connectivity index (χ3n) is 0.614. The van der Waals surface area contributed by atoms with Crippen LogP contribution in [0.2, 0.25) is 0 Å². The van der Waals surface area contributed by atoms with Gasteiger partial charge in [0.15, 0.2) is 0 Å². The Labute approximate surface area is 55.5 Å². The summed E-state index contributed by atoms with van der Waals surface area (Å²) in [6.07, 6.45) is 7.47. The zero-order valence-corrected chi connectivity index (χ0v) is 5.58. The largest absolute Gasteiger partial charge is 0.497 e. The Balaban J connectivity index is 0.000000187. The highest BCUT2D eigenvalue weighted by Gasteiger charge is 1.75. The van der Waals surface area contributed by atoms with Crippen LogP contribution in [0.3, 0.4) is 0 Å². The van der Waals surface area contributed by atoms with E-state index in [4.69, 9.17) is 9.84 Å². The molecule has 0 atom stereocenters. The maximum atomic E-state index is 7.57. The number of aliphatic hydroxyl groups excluding tert-OH is 1. The number of ether oxygens (including phenoxy) is 1. The molecule has 1 heterocycles. The maximum absolute atomic E-state index is 7.57. The summed E-state index contributed by atoms with van der Waals surface area (Å²) in [5.41, 5.74) is 0. The third kappa shape index (κ3) is 7.24. The van der Waals surface area contributed by atoms with Crippen LogP contribution in [-0.4, -0.2) is 18.3 Å². The fourth-order valence-corrected chi connectivity index (χ4v) is 0.346. The summed E-state index contributed by atoms with van der Waals surface area (Å²) in [6, 6.07) is 0. The van der Waals surface area contributed by atoms with Crippen LogP contribution in [0.5, 0.6) is 0 Å². The van der Waals surface area contributed by atoms with Crippen molar-refractivity contribution in [1.82, 2.24) is 0 Å². The van der Waals surface area contributed by atoms with Gasteiger partial charge in [-0.25, -0.2) is 0 Å². The molecule has 0 bridgehead atoms. The first-order chi connectivity index (χ1) is 4.41. The van der Waals surface area contributed by atoms with Crippen LogP contribution in [0.4, 0.5) is 0 Å². The summed E-state index contributed by atoms with van der Waals surface area (Å²) in [5, 5.41) is 7.57. The molecule has 0 aliphatic carbocycles. The van der Waals surface area contributed by atoms with E-state index in [1.54, 1.807) is 13.2 Å². The van der Waals surface area contributed by atoms with Gasteiger partial charge in [0.25, 0.3) is 0 Å². The summed E-state index contributed by atoms with van der Waals surface area (Å²) in [5.74, 6) is 0. The zero-order chi connectivity index (χ0) is 6.95. The Bertz CT molecular complexity index is 83.1. The first kappa shape index (κ1) is 8.24. The number of rotatable bonds is 0. The lowest BCUT2D eigenvalue weighted by Gasteiger charge is -1.94. The second kappa shape index (κ2) is 7.24. The highest BCUT2D eigenvalue weighted by Crippen LogP contribution is 1.87. The van der Waals surface area contributed by atoms with Gasteiger partial charge in [-0.05, 0) is 19.1 Å². The van der Waals surface area contributed by atoms with Gasteiger partial charge in [0, 0.05) is 6.61 Å². The van der Waals surface area contributed by atoms with Gasteiger partial charge in [0.1, 0.15) is 6.61 Å². The van der Waals surface area contributed by atoms with Crippen molar-refractivity contribution in [3.8, 4) is 0 Å². The molecule has 0 aromatic heterocycles. The highest BCUT2D eigenvalue weighted by molar-refractivity contribution is 5.02. The van der Waals surface area contributed by atoms with Gasteiger partial charge in [-0.1, -0.05) is 6.08 Å². The van der Waals surface area contributed by atoms with E-state index >= 15 is 0 Å². The number of allylic oxidation sites excluding steroid dienone is 2. The molecule has 0 radical (unpaired) electrons. The van der Waals surface area contributed by atoms with Gasteiger partial charge in [0.05, 0.1) is 6.26 Å². The molecule has 0 aromatic carbocycles. The van der Waals surface area contributed by atoms with E-state index in [9.17, 15) is 0 Å².